The summed E-state index contributed by atoms with van der Waals surface area (Å²) in [6, 6.07) is 8.98. The number of Topliss-reactive ketones (excluding diaryl/α,β-unsaturated/α-hetero) is 1. The third kappa shape index (κ3) is 5.20. The molecule has 1 saturated carbocycles. The van der Waals surface area contributed by atoms with Crippen molar-refractivity contribution in [2.45, 2.75) is 44.6 Å². The molecule has 124 valence electrons. The summed E-state index contributed by atoms with van der Waals surface area (Å²) in [6.45, 7) is 0. The average molecular weight is 317 g/mol. The Morgan fingerprint density at radius 1 is 1.30 bits per heavy atom. The summed E-state index contributed by atoms with van der Waals surface area (Å²) in [4.78, 5) is 35.8. The molecule has 1 fully saturated rings. The van der Waals surface area contributed by atoms with E-state index in [9.17, 15) is 14.4 Å². The van der Waals surface area contributed by atoms with Crippen LogP contribution in [0.15, 0.2) is 30.3 Å². The number of ketones is 1. The molecular formula is C18H23NO4. The van der Waals surface area contributed by atoms with Crippen LogP contribution in [0.25, 0.3) is 0 Å². The molecule has 2 atom stereocenters. The van der Waals surface area contributed by atoms with E-state index in [2.05, 4.69) is 5.32 Å². The van der Waals surface area contributed by atoms with Crippen molar-refractivity contribution in [1.82, 2.24) is 5.32 Å². The number of carbonyl (C=O) groups excluding carboxylic acids is 3. The highest BCUT2D eigenvalue weighted by atomic mass is 16.5. The fourth-order valence-electron chi connectivity index (χ4n) is 2.99. The van der Waals surface area contributed by atoms with Gasteiger partial charge >= 0.3 is 5.97 Å². The number of aryl methyl sites for hydroxylation is 1. The second-order valence-corrected chi connectivity index (χ2v) is 5.95. The largest absolute Gasteiger partial charge is 0.467 e. The van der Waals surface area contributed by atoms with E-state index in [1.165, 1.54) is 7.11 Å². The number of ether oxygens (including phenoxy) is 1. The Labute approximate surface area is 136 Å². The molecule has 0 saturated heterocycles. The summed E-state index contributed by atoms with van der Waals surface area (Å²) in [5, 5.41) is 2.76. The van der Waals surface area contributed by atoms with Crippen LogP contribution >= 0.6 is 0 Å². The standard InChI is InChI=1S/C18H23NO4/c1-23-18(22)17(14-8-5-9-15(20)12-14)19-16(21)11-10-13-6-3-2-4-7-13/h2-4,6-7,14,17H,5,8-12H2,1H3,(H,19,21)/t14-,17-/m0/s1. The first-order valence-corrected chi connectivity index (χ1v) is 8.03. The zero-order valence-electron chi connectivity index (χ0n) is 13.4. The van der Waals surface area contributed by atoms with Crippen LogP contribution in [0.1, 0.15) is 37.7 Å². The molecule has 1 aliphatic carbocycles. The van der Waals surface area contributed by atoms with Crippen LogP contribution in [-0.4, -0.2) is 30.8 Å². The van der Waals surface area contributed by atoms with Crippen LogP contribution < -0.4 is 5.32 Å². The maximum atomic E-state index is 12.2. The summed E-state index contributed by atoms with van der Waals surface area (Å²) in [6.07, 6.45) is 3.33. The zero-order valence-corrected chi connectivity index (χ0v) is 13.4. The van der Waals surface area contributed by atoms with Gasteiger partial charge in [-0.25, -0.2) is 4.79 Å². The molecule has 0 unspecified atom stereocenters. The maximum absolute atomic E-state index is 12.2. The summed E-state index contributed by atoms with van der Waals surface area (Å²) in [7, 11) is 1.30. The number of hydrogen-bond acceptors (Lipinski definition) is 4. The predicted octanol–water partition coefficient (Wildman–Crippen LogP) is 2.04. The maximum Gasteiger partial charge on any atom is 0.328 e. The van der Waals surface area contributed by atoms with Gasteiger partial charge in [0.15, 0.2) is 0 Å². The average Bonchev–Trinajstić information content (AvgIpc) is 2.58. The first-order chi connectivity index (χ1) is 11.1. The molecule has 0 spiro atoms. The third-order valence-corrected chi connectivity index (χ3v) is 4.25. The lowest BCUT2D eigenvalue weighted by Crippen LogP contribution is -2.48. The molecule has 5 nitrogen and oxygen atoms in total. The second kappa shape index (κ2) is 8.46. The lowest BCUT2D eigenvalue weighted by molar-refractivity contribution is -0.147. The number of hydrogen-bond donors (Lipinski definition) is 1. The predicted molar refractivity (Wildman–Crippen MR) is 85.7 cm³/mol. The third-order valence-electron chi connectivity index (χ3n) is 4.25. The van der Waals surface area contributed by atoms with Gasteiger partial charge in [-0.3, -0.25) is 9.59 Å². The highest BCUT2D eigenvalue weighted by molar-refractivity contribution is 5.86. The van der Waals surface area contributed by atoms with E-state index in [1.807, 2.05) is 30.3 Å². The molecule has 1 N–H and O–H groups in total. The quantitative estimate of drug-likeness (QED) is 0.815. The van der Waals surface area contributed by atoms with Crippen molar-refractivity contribution in [3.05, 3.63) is 35.9 Å². The Kier molecular flexibility index (Phi) is 6.32. The van der Waals surface area contributed by atoms with E-state index >= 15 is 0 Å². The first-order valence-electron chi connectivity index (χ1n) is 8.03. The Bertz CT molecular complexity index is 555. The van der Waals surface area contributed by atoms with Gasteiger partial charge in [-0.05, 0) is 30.7 Å². The molecule has 0 bridgehead atoms. The Morgan fingerprint density at radius 2 is 2.04 bits per heavy atom. The number of esters is 1. The number of methoxy groups -OCH3 is 1. The van der Waals surface area contributed by atoms with Crippen molar-refractivity contribution in [1.29, 1.82) is 0 Å². The number of amides is 1. The highest BCUT2D eigenvalue weighted by Crippen LogP contribution is 2.25. The van der Waals surface area contributed by atoms with E-state index in [-0.39, 0.29) is 17.6 Å². The van der Waals surface area contributed by atoms with Crippen molar-refractivity contribution in [2.75, 3.05) is 7.11 Å². The van der Waals surface area contributed by atoms with Crippen LogP contribution in [0.3, 0.4) is 0 Å². The number of rotatable bonds is 6. The van der Waals surface area contributed by atoms with Gasteiger partial charge in [0.2, 0.25) is 5.91 Å². The highest BCUT2D eigenvalue weighted by Gasteiger charge is 2.33. The van der Waals surface area contributed by atoms with Crippen LogP contribution in [0.2, 0.25) is 0 Å². The second-order valence-electron chi connectivity index (χ2n) is 5.95. The van der Waals surface area contributed by atoms with E-state index in [0.717, 1.165) is 18.4 Å². The van der Waals surface area contributed by atoms with Gasteiger partial charge in [0.25, 0.3) is 0 Å². The molecule has 1 amide bonds. The number of carbonyl (C=O) groups is 3. The number of benzene rings is 1. The van der Waals surface area contributed by atoms with Crippen molar-refractivity contribution < 1.29 is 19.1 Å². The molecule has 2 rings (SSSR count). The molecule has 23 heavy (non-hydrogen) atoms. The molecule has 0 heterocycles. The lowest BCUT2D eigenvalue weighted by Gasteiger charge is -2.28. The van der Waals surface area contributed by atoms with Crippen LogP contribution in [-0.2, 0) is 25.5 Å². The van der Waals surface area contributed by atoms with E-state index in [0.29, 0.717) is 25.7 Å². The van der Waals surface area contributed by atoms with Gasteiger partial charge in [-0.1, -0.05) is 30.3 Å². The van der Waals surface area contributed by atoms with Gasteiger partial charge in [0, 0.05) is 19.3 Å². The van der Waals surface area contributed by atoms with Crippen LogP contribution in [0.4, 0.5) is 0 Å². The molecule has 0 aliphatic heterocycles. The molecule has 5 heteroatoms. The monoisotopic (exact) mass is 317 g/mol. The zero-order chi connectivity index (χ0) is 16.7. The minimum absolute atomic E-state index is 0.147. The fourth-order valence-corrected chi connectivity index (χ4v) is 2.99. The van der Waals surface area contributed by atoms with Crippen LogP contribution in [0.5, 0.6) is 0 Å². The normalized spacial score (nSPS) is 19.0. The summed E-state index contributed by atoms with van der Waals surface area (Å²) < 4.78 is 4.80. The summed E-state index contributed by atoms with van der Waals surface area (Å²) in [5.41, 5.74) is 1.07. The lowest BCUT2D eigenvalue weighted by atomic mass is 9.83. The Morgan fingerprint density at radius 3 is 2.70 bits per heavy atom. The molecule has 1 aliphatic rings. The molecule has 0 aromatic heterocycles. The van der Waals surface area contributed by atoms with E-state index in [1.54, 1.807) is 0 Å². The fraction of sp³-hybridized carbons (Fsp3) is 0.500. The van der Waals surface area contributed by atoms with E-state index < -0.39 is 12.0 Å². The van der Waals surface area contributed by atoms with Crippen molar-refractivity contribution in [3.63, 3.8) is 0 Å². The van der Waals surface area contributed by atoms with Crippen LogP contribution in [0, 0.1) is 5.92 Å². The summed E-state index contributed by atoms with van der Waals surface area (Å²) >= 11 is 0. The minimum Gasteiger partial charge on any atom is -0.467 e. The first kappa shape index (κ1) is 17.2. The molecule has 1 aromatic rings. The Balaban J connectivity index is 1.92. The van der Waals surface area contributed by atoms with Gasteiger partial charge < -0.3 is 10.1 Å². The Hall–Kier alpha value is -2.17. The van der Waals surface area contributed by atoms with Gasteiger partial charge in [-0.15, -0.1) is 0 Å². The van der Waals surface area contributed by atoms with Gasteiger partial charge in [-0.2, -0.15) is 0 Å². The smallest absolute Gasteiger partial charge is 0.328 e. The van der Waals surface area contributed by atoms with Gasteiger partial charge in [0.05, 0.1) is 7.11 Å². The minimum atomic E-state index is -0.729. The summed E-state index contributed by atoms with van der Waals surface area (Å²) in [5.74, 6) is -0.682. The van der Waals surface area contributed by atoms with E-state index in [4.69, 9.17) is 4.74 Å². The topological polar surface area (TPSA) is 72.5 Å². The molecular weight excluding hydrogens is 294 g/mol. The number of nitrogens with one attached hydrogen (secondary N) is 1. The van der Waals surface area contributed by atoms with Gasteiger partial charge in [0.1, 0.15) is 11.8 Å². The SMILES string of the molecule is COC(=O)[C@@H](NC(=O)CCc1ccccc1)[C@H]1CCCC(=O)C1. The van der Waals surface area contributed by atoms with Crippen molar-refractivity contribution >= 4 is 17.7 Å². The van der Waals surface area contributed by atoms with Crippen molar-refractivity contribution in [3.8, 4) is 0 Å². The molecule has 1 aromatic carbocycles. The van der Waals surface area contributed by atoms with Crippen molar-refractivity contribution in [2.24, 2.45) is 5.92 Å². The molecule has 0 radical (unpaired) electrons.